The van der Waals surface area contributed by atoms with Gasteiger partial charge in [-0.3, -0.25) is 4.79 Å². The summed E-state index contributed by atoms with van der Waals surface area (Å²) in [5, 5.41) is 2.90. The zero-order valence-corrected chi connectivity index (χ0v) is 15.0. The summed E-state index contributed by atoms with van der Waals surface area (Å²) in [5.41, 5.74) is 4.60. The number of para-hydroxylation sites is 1. The number of rotatable bonds is 4. The second-order valence-corrected chi connectivity index (χ2v) is 6.23. The van der Waals surface area contributed by atoms with E-state index in [-0.39, 0.29) is 5.91 Å². The SMILES string of the molecule is COc1ccccc1C(=O)Nc1cccc(-c2nc3cc(C)ccc3o2)c1. The maximum Gasteiger partial charge on any atom is 0.259 e. The zero-order chi connectivity index (χ0) is 18.8. The van der Waals surface area contributed by atoms with Crippen molar-refractivity contribution in [2.45, 2.75) is 6.92 Å². The molecule has 0 aliphatic carbocycles. The lowest BCUT2D eigenvalue weighted by atomic mass is 10.1. The van der Waals surface area contributed by atoms with Gasteiger partial charge in [-0.15, -0.1) is 0 Å². The molecule has 5 heteroatoms. The summed E-state index contributed by atoms with van der Waals surface area (Å²) in [6.45, 7) is 2.02. The highest BCUT2D eigenvalue weighted by Gasteiger charge is 2.13. The summed E-state index contributed by atoms with van der Waals surface area (Å²) >= 11 is 0. The van der Waals surface area contributed by atoms with Gasteiger partial charge < -0.3 is 14.5 Å². The van der Waals surface area contributed by atoms with Gasteiger partial charge in [0.05, 0.1) is 12.7 Å². The van der Waals surface area contributed by atoms with E-state index >= 15 is 0 Å². The number of benzene rings is 3. The van der Waals surface area contributed by atoms with Crippen LogP contribution in [0.15, 0.2) is 71.1 Å². The molecule has 0 spiro atoms. The van der Waals surface area contributed by atoms with Crippen molar-refractivity contribution in [1.29, 1.82) is 0 Å². The van der Waals surface area contributed by atoms with Crippen LogP contribution in [0.4, 0.5) is 5.69 Å². The summed E-state index contributed by atoms with van der Waals surface area (Å²) in [5.74, 6) is 0.808. The maximum atomic E-state index is 12.6. The molecule has 1 aromatic heterocycles. The van der Waals surface area contributed by atoms with Crippen molar-refractivity contribution in [3.05, 3.63) is 77.9 Å². The third kappa shape index (κ3) is 3.40. The van der Waals surface area contributed by atoms with Gasteiger partial charge in [0.25, 0.3) is 5.91 Å². The van der Waals surface area contributed by atoms with Crippen molar-refractivity contribution < 1.29 is 13.9 Å². The first-order valence-corrected chi connectivity index (χ1v) is 8.56. The van der Waals surface area contributed by atoms with Gasteiger partial charge >= 0.3 is 0 Å². The second kappa shape index (κ2) is 6.96. The summed E-state index contributed by atoms with van der Waals surface area (Å²) < 4.78 is 11.1. The van der Waals surface area contributed by atoms with Crippen LogP contribution < -0.4 is 10.1 Å². The minimum atomic E-state index is -0.238. The Bertz CT molecular complexity index is 1130. The van der Waals surface area contributed by atoms with E-state index in [9.17, 15) is 4.79 Å². The van der Waals surface area contributed by atoms with Crippen molar-refractivity contribution in [3.63, 3.8) is 0 Å². The maximum absolute atomic E-state index is 12.6. The molecule has 4 aromatic rings. The molecule has 4 rings (SSSR count). The average molecular weight is 358 g/mol. The Balaban J connectivity index is 1.63. The third-order valence-electron chi connectivity index (χ3n) is 4.26. The van der Waals surface area contributed by atoms with Crippen molar-refractivity contribution in [2.75, 3.05) is 12.4 Å². The van der Waals surface area contributed by atoms with Crippen LogP contribution in [0, 0.1) is 6.92 Å². The highest BCUT2D eigenvalue weighted by atomic mass is 16.5. The van der Waals surface area contributed by atoms with Crippen molar-refractivity contribution in [3.8, 4) is 17.2 Å². The second-order valence-electron chi connectivity index (χ2n) is 6.23. The van der Waals surface area contributed by atoms with Gasteiger partial charge in [0.15, 0.2) is 5.58 Å². The molecule has 1 amide bonds. The van der Waals surface area contributed by atoms with E-state index in [0.29, 0.717) is 22.9 Å². The molecule has 0 bridgehead atoms. The van der Waals surface area contributed by atoms with Gasteiger partial charge in [-0.25, -0.2) is 4.98 Å². The van der Waals surface area contributed by atoms with Crippen LogP contribution in [0.5, 0.6) is 5.75 Å². The number of oxazole rings is 1. The number of nitrogens with zero attached hydrogens (tertiary/aromatic N) is 1. The van der Waals surface area contributed by atoms with Gasteiger partial charge in [-0.2, -0.15) is 0 Å². The summed E-state index contributed by atoms with van der Waals surface area (Å²) in [7, 11) is 1.54. The first-order valence-electron chi connectivity index (χ1n) is 8.56. The molecule has 0 radical (unpaired) electrons. The van der Waals surface area contributed by atoms with Gasteiger partial charge in [0, 0.05) is 11.3 Å². The number of anilines is 1. The van der Waals surface area contributed by atoms with Crippen LogP contribution in [0.2, 0.25) is 0 Å². The molecule has 0 aliphatic heterocycles. The smallest absolute Gasteiger partial charge is 0.259 e. The molecular weight excluding hydrogens is 340 g/mol. The standard InChI is InChI=1S/C22H18N2O3/c1-14-10-11-20-18(12-14)24-22(27-20)15-6-5-7-16(13-15)23-21(25)17-8-3-4-9-19(17)26-2/h3-13H,1-2H3,(H,23,25). The van der Waals surface area contributed by atoms with Crippen molar-refractivity contribution in [1.82, 2.24) is 4.98 Å². The fourth-order valence-corrected chi connectivity index (χ4v) is 2.92. The average Bonchev–Trinajstić information content (AvgIpc) is 3.11. The van der Waals surface area contributed by atoms with E-state index in [1.165, 1.54) is 0 Å². The number of nitrogens with one attached hydrogen (secondary N) is 1. The Morgan fingerprint density at radius 2 is 1.89 bits per heavy atom. The number of methoxy groups -OCH3 is 1. The lowest BCUT2D eigenvalue weighted by molar-refractivity contribution is 0.102. The van der Waals surface area contributed by atoms with E-state index in [4.69, 9.17) is 9.15 Å². The number of aromatic nitrogens is 1. The van der Waals surface area contributed by atoms with E-state index in [2.05, 4.69) is 10.3 Å². The van der Waals surface area contributed by atoms with Crippen LogP contribution in [0.25, 0.3) is 22.6 Å². The van der Waals surface area contributed by atoms with Crippen LogP contribution >= 0.6 is 0 Å². The normalized spacial score (nSPS) is 10.7. The van der Waals surface area contributed by atoms with Crippen LogP contribution in [0.3, 0.4) is 0 Å². The van der Waals surface area contributed by atoms with Crippen LogP contribution in [-0.2, 0) is 0 Å². The van der Waals surface area contributed by atoms with Crippen molar-refractivity contribution >= 4 is 22.7 Å². The molecule has 1 heterocycles. The lowest BCUT2D eigenvalue weighted by Gasteiger charge is -2.09. The minimum absolute atomic E-state index is 0.238. The molecule has 0 fully saturated rings. The number of amides is 1. The molecule has 134 valence electrons. The Labute approximate surface area is 156 Å². The number of hydrogen-bond acceptors (Lipinski definition) is 4. The molecule has 5 nitrogen and oxygen atoms in total. The molecule has 0 aliphatic rings. The first kappa shape index (κ1) is 16.8. The first-order chi connectivity index (χ1) is 13.1. The van der Waals surface area contributed by atoms with Gasteiger partial charge in [-0.05, 0) is 55.0 Å². The zero-order valence-electron chi connectivity index (χ0n) is 15.0. The quantitative estimate of drug-likeness (QED) is 0.553. The topological polar surface area (TPSA) is 64.4 Å². The number of ether oxygens (including phenoxy) is 1. The van der Waals surface area contributed by atoms with E-state index in [1.54, 1.807) is 25.3 Å². The largest absolute Gasteiger partial charge is 0.496 e. The van der Waals surface area contributed by atoms with Gasteiger partial charge in [0.2, 0.25) is 5.89 Å². The number of carbonyl (C=O) groups excluding carboxylic acids is 1. The molecule has 0 atom stereocenters. The van der Waals surface area contributed by atoms with E-state index in [1.807, 2.05) is 55.5 Å². The van der Waals surface area contributed by atoms with E-state index in [0.717, 1.165) is 22.2 Å². The van der Waals surface area contributed by atoms with Gasteiger partial charge in [0.1, 0.15) is 11.3 Å². The summed E-state index contributed by atoms with van der Waals surface area (Å²) in [6.07, 6.45) is 0. The molecule has 3 aromatic carbocycles. The number of hydrogen-bond donors (Lipinski definition) is 1. The summed E-state index contributed by atoms with van der Waals surface area (Å²) in [6, 6.07) is 20.4. The minimum Gasteiger partial charge on any atom is -0.496 e. The predicted molar refractivity (Wildman–Crippen MR) is 105 cm³/mol. The Morgan fingerprint density at radius 1 is 1.04 bits per heavy atom. The van der Waals surface area contributed by atoms with Gasteiger partial charge in [-0.1, -0.05) is 24.3 Å². The fraction of sp³-hybridized carbons (Fsp3) is 0.0909. The van der Waals surface area contributed by atoms with E-state index < -0.39 is 0 Å². The lowest BCUT2D eigenvalue weighted by Crippen LogP contribution is -2.13. The molecule has 0 unspecified atom stereocenters. The van der Waals surface area contributed by atoms with Crippen molar-refractivity contribution in [2.24, 2.45) is 0 Å². The predicted octanol–water partition coefficient (Wildman–Crippen LogP) is 5.06. The van der Waals surface area contributed by atoms with Crippen LogP contribution in [0.1, 0.15) is 15.9 Å². The third-order valence-corrected chi connectivity index (χ3v) is 4.26. The summed E-state index contributed by atoms with van der Waals surface area (Å²) in [4.78, 5) is 17.1. The molecule has 0 saturated heterocycles. The number of fused-ring (bicyclic) bond motifs is 1. The Kier molecular flexibility index (Phi) is 4.34. The Morgan fingerprint density at radius 3 is 2.74 bits per heavy atom. The molecular formula is C22H18N2O3. The fourth-order valence-electron chi connectivity index (χ4n) is 2.92. The highest BCUT2D eigenvalue weighted by Crippen LogP contribution is 2.27. The molecule has 1 N–H and O–H groups in total. The number of carbonyl (C=O) groups is 1. The molecule has 27 heavy (non-hydrogen) atoms. The molecule has 0 saturated carbocycles. The number of aryl methyl sites for hydroxylation is 1. The highest BCUT2D eigenvalue weighted by molar-refractivity contribution is 6.06. The Hall–Kier alpha value is -3.60. The van der Waals surface area contributed by atoms with Crippen LogP contribution in [-0.4, -0.2) is 18.0 Å². The monoisotopic (exact) mass is 358 g/mol.